The van der Waals surface area contributed by atoms with Gasteiger partial charge >= 0.3 is 0 Å². The van der Waals surface area contributed by atoms with Crippen LogP contribution in [-0.4, -0.2) is 0 Å². The minimum absolute atomic E-state index is 0.000238. The molecular formula is C22H31F. The van der Waals surface area contributed by atoms with Gasteiger partial charge in [-0.25, -0.2) is 4.39 Å². The zero-order chi connectivity index (χ0) is 16.2. The number of allylic oxidation sites excluding steroid dienone is 1. The molecule has 0 aliphatic heterocycles. The Bertz CT molecular complexity index is 533. The van der Waals surface area contributed by atoms with Crippen molar-refractivity contribution < 1.29 is 4.39 Å². The Kier molecular flexibility index (Phi) is 5.56. The maximum absolute atomic E-state index is 14.1. The van der Waals surface area contributed by atoms with Crippen molar-refractivity contribution in [3.8, 4) is 0 Å². The standard InChI is InChI=1S/C22H31F/c1-3-5-6-16-7-8-19-14-20(12-11-18(19)13-16)21-10-9-17(4-2)22(23)15-21/h3,9-10,15-16,18-20H,1,4-8,11-14H2,2H3. The Hall–Kier alpha value is -1.11. The molecule has 2 saturated carbocycles. The van der Waals surface area contributed by atoms with Crippen LogP contribution in [0.15, 0.2) is 30.9 Å². The Morgan fingerprint density at radius 3 is 2.65 bits per heavy atom. The summed E-state index contributed by atoms with van der Waals surface area (Å²) in [6, 6.07) is 6.01. The molecule has 2 aliphatic carbocycles. The van der Waals surface area contributed by atoms with E-state index in [1.165, 1.54) is 56.9 Å². The summed E-state index contributed by atoms with van der Waals surface area (Å²) in [4.78, 5) is 0. The minimum Gasteiger partial charge on any atom is -0.207 e. The van der Waals surface area contributed by atoms with Gasteiger partial charge in [0.1, 0.15) is 5.82 Å². The Morgan fingerprint density at radius 1 is 1.13 bits per heavy atom. The van der Waals surface area contributed by atoms with Crippen molar-refractivity contribution in [3.05, 3.63) is 47.8 Å². The van der Waals surface area contributed by atoms with E-state index in [4.69, 9.17) is 0 Å². The fraction of sp³-hybridized carbons (Fsp3) is 0.636. The molecule has 0 heterocycles. The summed E-state index contributed by atoms with van der Waals surface area (Å²) in [5, 5.41) is 0. The molecule has 0 bridgehead atoms. The predicted molar refractivity (Wildman–Crippen MR) is 96.1 cm³/mol. The van der Waals surface area contributed by atoms with E-state index in [-0.39, 0.29) is 5.82 Å². The van der Waals surface area contributed by atoms with Gasteiger partial charge in [0.05, 0.1) is 0 Å². The van der Waals surface area contributed by atoms with E-state index in [0.717, 1.165) is 29.7 Å². The molecule has 0 aromatic heterocycles. The van der Waals surface area contributed by atoms with Gasteiger partial charge in [-0.15, -0.1) is 6.58 Å². The maximum atomic E-state index is 14.1. The Balaban J connectivity index is 1.61. The van der Waals surface area contributed by atoms with Crippen molar-refractivity contribution in [2.75, 3.05) is 0 Å². The number of hydrogen-bond acceptors (Lipinski definition) is 0. The van der Waals surface area contributed by atoms with E-state index in [1.807, 2.05) is 19.1 Å². The van der Waals surface area contributed by atoms with Crippen LogP contribution in [-0.2, 0) is 6.42 Å². The van der Waals surface area contributed by atoms with Gasteiger partial charge < -0.3 is 0 Å². The van der Waals surface area contributed by atoms with Gasteiger partial charge in [-0.1, -0.05) is 31.6 Å². The van der Waals surface area contributed by atoms with Crippen LogP contribution < -0.4 is 0 Å². The monoisotopic (exact) mass is 314 g/mol. The van der Waals surface area contributed by atoms with Crippen molar-refractivity contribution in [3.63, 3.8) is 0 Å². The van der Waals surface area contributed by atoms with Crippen LogP contribution in [0.5, 0.6) is 0 Å². The quantitative estimate of drug-likeness (QED) is 0.533. The van der Waals surface area contributed by atoms with Gasteiger partial charge in [0.15, 0.2) is 0 Å². The highest BCUT2D eigenvalue weighted by atomic mass is 19.1. The van der Waals surface area contributed by atoms with E-state index in [2.05, 4.69) is 18.7 Å². The van der Waals surface area contributed by atoms with Crippen LogP contribution in [0.3, 0.4) is 0 Å². The molecule has 4 unspecified atom stereocenters. The van der Waals surface area contributed by atoms with Gasteiger partial charge in [-0.2, -0.15) is 0 Å². The molecule has 126 valence electrons. The molecule has 0 radical (unpaired) electrons. The molecule has 0 N–H and O–H groups in total. The third-order valence-corrected chi connectivity index (χ3v) is 6.43. The van der Waals surface area contributed by atoms with Crippen molar-refractivity contribution in [2.24, 2.45) is 17.8 Å². The smallest absolute Gasteiger partial charge is 0.126 e. The Morgan fingerprint density at radius 2 is 1.91 bits per heavy atom. The summed E-state index contributed by atoms with van der Waals surface area (Å²) in [6.45, 7) is 5.88. The van der Waals surface area contributed by atoms with Crippen molar-refractivity contribution in [1.82, 2.24) is 0 Å². The van der Waals surface area contributed by atoms with E-state index in [1.54, 1.807) is 0 Å². The molecule has 0 amide bonds. The molecule has 1 aromatic carbocycles. The fourth-order valence-electron chi connectivity index (χ4n) is 5.01. The lowest BCUT2D eigenvalue weighted by Gasteiger charge is -2.42. The lowest BCUT2D eigenvalue weighted by atomic mass is 9.63. The highest BCUT2D eigenvalue weighted by Gasteiger charge is 2.35. The largest absolute Gasteiger partial charge is 0.207 e. The second-order valence-corrected chi connectivity index (χ2v) is 7.78. The van der Waals surface area contributed by atoms with Crippen LogP contribution in [0.4, 0.5) is 4.39 Å². The molecule has 0 saturated heterocycles. The molecule has 1 aromatic rings. The van der Waals surface area contributed by atoms with Gasteiger partial charge in [0, 0.05) is 0 Å². The first-order chi connectivity index (χ1) is 11.2. The first-order valence-corrected chi connectivity index (χ1v) is 9.60. The van der Waals surface area contributed by atoms with Gasteiger partial charge in [-0.3, -0.25) is 0 Å². The summed E-state index contributed by atoms with van der Waals surface area (Å²) < 4.78 is 14.1. The molecule has 4 atom stereocenters. The second-order valence-electron chi connectivity index (χ2n) is 7.78. The summed E-state index contributed by atoms with van der Waals surface area (Å²) in [7, 11) is 0. The number of rotatable bonds is 5. The molecule has 23 heavy (non-hydrogen) atoms. The summed E-state index contributed by atoms with van der Waals surface area (Å²) in [5.74, 6) is 3.31. The van der Waals surface area contributed by atoms with Gasteiger partial charge in [-0.05, 0) is 92.2 Å². The minimum atomic E-state index is 0.000238. The second kappa shape index (κ2) is 7.64. The molecule has 0 nitrogen and oxygen atoms in total. The summed E-state index contributed by atoms with van der Waals surface area (Å²) >= 11 is 0. The third kappa shape index (κ3) is 3.87. The van der Waals surface area contributed by atoms with E-state index in [0.29, 0.717) is 5.92 Å². The topological polar surface area (TPSA) is 0 Å². The zero-order valence-electron chi connectivity index (χ0n) is 14.6. The van der Waals surface area contributed by atoms with Crippen LogP contribution >= 0.6 is 0 Å². The van der Waals surface area contributed by atoms with E-state index < -0.39 is 0 Å². The zero-order valence-corrected chi connectivity index (χ0v) is 14.6. The van der Waals surface area contributed by atoms with Gasteiger partial charge in [0.2, 0.25) is 0 Å². The first-order valence-electron chi connectivity index (χ1n) is 9.60. The van der Waals surface area contributed by atoms with Gasteiger partial charge in [0.25, 0.3) is 0 Å². The van der Waals surface area contributed by atoms with E-state index in [9.17, 15) is 4.39 Å². The van der Waals surface area contributed by atoms with Crippen LogP contribution in [0.2, 0.25) is 0 Å². The SMILES string of the molecule is C=CCCC1CCC2CC(c3ccc(CC)c(F)c3)CCC2C1. The lowest BCUT2D eigenvalue weighted by Crippen LogP contribution is -2.30. The van der Waals surface area contributed by atoms with Crippen molar-refractivity contribution in [1.29, 1.82) is 0 Å². The maximum Gasteiger partial charge on any atom is 0.126 e. The molecular weight excluding hydrogens is 283 g/mol. The highest BCUT2D eigenvalue weighted by molar-refractivity contribution is 5.27. The number of halogens is 1. The molecule has 1 heteroatoms. The predicted octanol–water partition coefficient (Wildman–Crippen LogP) is 6.65. The molecule has 2 fully saturated rings. The number of aryl methyl sites for hydroxylation is 1. The average molecular weight is 314 g/mol. The Labute approximate surface area is 141 Å². The number of hydrogen-bond donors (Lipinski definition) is 0. The fourth-order valence-corrected chi connectivity index (χ4v) is 5.01. The van der Waals surface area contributed by atoms with Crippen LogP contribution in [0.1, 0.15) is 75.3 Å². The number of benzene rings is 1. The molecule has 3 rings (SSSR count). The average Bonchev–Trinajstić information content (AvgIpc) is 2.59. The van der Waals surface area contributed by atoms with Crippen molar-refractivity contribution in [2.45, 2.75) is 70.6 Å². The van der Waals surface area contributed by atoms with E-state index >= 15 is 0 Å². The normalized spacial score (nSPS) is 30.7. The summed E-state index contributed by atoms with van der Waals surface area (Å²) in [5.41, 5.74) is 2.09. The summed E-state index contributed by atoms with van der Waals surface area (Å²) in [6.07, 6.45) is 13.4. The van der Waals surface area contributed by atoms with Crippen molar-refractivity contribution >= 4 is 0 Å². The lowest BCUT2D eigenvalue weighted by molar-refractivity contribution is 0.115. The molecule has 2 aliphatic rings. The third-order valence-electron chi connectivity index (χ3n) is 6.43. The highest BCUT2D eigenvalue weighted by Crippen LogP contribution is 2.48. The number of fused-ring (bicyclic) bond motifs is 1. The van der Waals surface area contributed by atoms with Crippen LogP contribution in [0.25, 0.3) is 0 Å². The molecule has 0 spiro atoms. The first kappa shape index (κ1) is 16.7. The van der Waals surface area contributed by atoms with Crippen LogP contribution in [0, 0.1) is 23.6 Å².